The Balaban J connectivity index is 1.71. The lowest BCUT2D eigenvalue weighted by Crippen LogP contribution is -2.30. The highest BCUT2D eigenvalue weighted by molar-refractivity contribution is 5.43. The number of aromatic nitrogens is 4. The topological polar surface area (TPSA) is 67.1 Å². The summed E-state index contributed by atoms with van der Waals surface area (Å²) in [5, 5.41) is 14.7. The van der Waals surface area contributed by atoms with Crippen molar-refractivity contribution in [2.75, 3.05) is 18.0 Å². The van der Waals surface area contributed by atoms with Gasteiger partial charge in [0.15, 0.2) is 0 Å². The molecule has 7 heteroatoms. The summed E-state index contributed by atoms with van der Waals surface area (Å²) in [7, 11) is 0. The van der Waals surface area contributed by atoms with Crippen LogP contribution in [0.25, 0.3) is 5.95 Å². The molecular weight excluding hydrogens is 369 g/mol. The van der Waals surface area contributed by atoms with E-state index in [0.717, 1.165) is 43.0 Å². The molecule has 1 saturated heterocycles. The van der Waals surface area contributed by atoms with Crippen molar-refractivity contribution < 1.29 is 9.50 Å². The van der Waals surface area contributed by atoms with Crippen LogP contribution in [-0.2, 0) is 12.0 Å². The quantitative estimate of drug-likeness (QED) is 0.715. The summed E-state index contributed by atoms with van der Waals surface area (Å²) in [5.41, 5.74) is 1.36. The SMILES string of the molecule is CC(C)(O)c1ccn(-c2nc(Cc3ccc(F)cc3)cc(N3CCCCC3)n2)n1. The van der Waals surface area contributed by atoms with E-state index in [4.69, 9.17) is 9.97 Å². The molecule has 3 heterocycles. The van der Waals surface area contributed by atoms with Crippen LogP contribution in [0, 0.1) is 5.82 Å². The fraction of sp³-hybridized carbons (Fsp3) is 0.409. The molecule has 1 fully saturated rings. The fourth-order valence-electron chi connectivity index (χ4n) is 3.52. The second-order valence-corrected chi connectivity index (χ2v) is 8.07. The maximum Gasteiger partial charge on any atom is 0.252 e. The lowest BCUT2D eigenvalue weighted by molar-refractivity contribution is 0.0734. The average molecular weight is 395 g/mol. The molecule has 2 aromatic heterocycles. The minimum atomic E-state index is -1.04. The van der Waals surface area contributed by atoms with E-state index in [0.29, 0.717) is 18.1 Å². The summed E-state index contributed by atoms with van der Waals surface area (Å²) in [6.07, 6.45) is 5.89. The Labute approximate surface area is 170 Å². The fourth-order valence-corrected chi connectivity index (χ4v) is 3.52. The third kappa shape index (κ3) is 4.62. The third-order valence-corrected chi connectivity index (χ3v) is 5.15. The summed E-state index contributed by atoms with van der Waals surface area (Å²) >= 11 is 0. The summed E-state index contributed by atoms with van der Waals surface area (Å²) in [4.78, 5) is 11.7. The highest BCUT2D eigenvalue weighted by Gasteiger charge is 2.21. The molecule has 1 aliphatic rings. The van der Waals surface area contributed by atoms with E-state index in [9.17, 15) is 9.50 Å². The first-order valence-corrected chi connectivity index (χ1v) is 10.0. The number of anilines is 1. The van der Waals surface area contributed by atoms with Crippen molar-refractivity contribution in [3.63, 3.8) is 0 Å². The van der Waals surface area contributed by atoms with E-state index in [1.165, 1.54) is 18.6 Å². The van der Waals surface area contributed by atoms with E-state index in [2.05, 4.69) is 10.00 Å². The van der Waals surface area contributed by atoms with Gasteiger partial charge in [-0.25, -0.2) is 14.1 Å². The monoisotopic (exact) mass is 395 g/mol. The van der Waals surface area contributed by atoms with E-state index < -0.39 is 5.60 Å². The third-order valence-electron chi connectivity index (χ3n) is 5.15. The van der Waals surface area contributed by atoms with E-state index in [1.54, 1.807) is 42.9 Å². The van der Waals surface area contributed by atoms with Gasteiger partial charge in [0, 0.05) is 31.8 Å². The smallest absolute Gasteiger partial charge is 0.252 e. The van der Waals surface area contributed by atoms with Gasteiger partial charge in [0.25, 0.3) is 5.95 Å². The van der Waals surface area contributed by atoms with Crippen molar-refractivity contribution in [3.8, 4) is 5.95 Å². The lowest BCUT2D eigenvalue weighted by Gasteiger charge is -2.28. The zero-order chi connectivity index (χ0) is 20.4. The Morgan fingerprint density at radius 1 is 1.03 bits per heavy atom. The van der Waals surface area contributed by atoms with Gasteiger partial charge in [0.05, 0.1) is 11.4 Å². The molecule has 0 amide bonds. The predicted molar refractivity (Wildman–Crippen MR) is 110 cm³/mol. The molecule has 0 unspecified atom stereocenters. The number of nitrogens with zero attached hydrogens (tertiary/aromatic N) is 5. The van der Waals surface area contributed by atoms with Crippen LogP contribution < -0.4 is 4.90 Å². The molecule has 1 aliphatic heterocycles. The van der Waals surface area contributed by atoms with Crippen LogP contribution in [0.1, 0.15) is 50.1 Å². The average Bonchev–Trinajstić information content (AvgIpc) is 3.21. The van der Waals surface area contributed by atoms with Crippen molar-refractivity contribution in [2.24, 2.45) is 0 Å². The van der Waals surface area contributed by atoms with Crippen molar-refractivity contribution in [1.29, 1.82) is 0 Å². The molecule has 6 nitrogen and oxygen atoms in total. The molecule has 0 saturated carbocycles. The van der Waals surface area contributed by atoms with E-state index in [1.807, 2.05) is 6.07 Å². The van der Waals surface area contributed by atoms with Crippen LogP contribution in [0.5, 0.6) is 0 Å². The molecule has 1 N–H and O–H groups in total. The Bertz CT molecular complexity index is 972. The second kappa shape index (κ2) is 7.91. The highest BCUT2D eigenvalue weighted by atomic mass is 19.1. The Morgan fingerprint density at radius 3 is 2.41 bits per heavy atom. The zero-order valence-corrected chi connectivity index (χ0v) is 16.8. The number of hydrogen-bond donors (Lipinski definition) is 1. The molecule has 0 aliphatic carbocycles. The van der Waals surface area contributed by atoms with Gasteiger partial charge in [-0.2, -0.15) is 10.1 Å². The second-order valence-electron chi connectivity index (χ2n) is 8.07. The summed E-state index contributed by atoms with van der Waals surface area (Å²) in [6, 6.07) is 10.3. The van der Waals surface area contributed by atoms with E-state index >= 15 is 0 Å². The summed E-state index contributed by atoms with van der Waals surface area (Å²) < 4.78 is 14.9. The first kappa shape index (κ1) is 19.5. The van der Waals surface area contributed by atoms with Crippen molar-refractivity contribution in [3.05, 3.63) is 65.4 Å². The van der Waals surface area contributed by atoms with Crippen LogP contribution in [0.4, 0.5) is 10.2 Å². The standard InChI is InChI=1S/C22H26FN5O/c1-22(2,29)19-10-13-28(26-19)21-24-18(14-16-6-8-17(23)9-7-16)15-20(25-21)27-11-4-3-5-12-27/h6-10,13,15,29H,3-5,11-12,14H2,1-2H3. The Morgan fingerprint density at radius 2 is 1.76 bits per heavy atom. The van der Waals surface area contributed by atoms with Gasteiger partial charge in [0.1, 0.15) is 17.2 Å². The maximum atomic E-state index is 13.3. The van der Waals surface area contributed by atoms with Crippen LogP contribution in [0.3, 0.4) is 0 Å². The predicted octanol–water partition coefficient (Wildman–Crippen LogP) is 3.61. The van der Waals surface area contributed by atoms with Gasteiger partial charge in [0.2, 0.25) is 0 Å². The number of aliphatic hydroxyl groups is 1. The van der Waals surface area contributed by atoms with Gasteiger partial charge < -0.3 is 10.0 Å². The van der Waals surface area contributed by atoms with Gasteiger partial charge in [-0.1, -0.05) is 12.1 Å². The van der Waals surface area contributed by atoms with Crippen molar-refractivity contribution >= 4 is 5.82 Å². The zero-order valence-electron chi connectivity index (χ0n) is 16.8. The minimum Gasteiger partial charge on any atom is -0.384 e. The van der Waals surface area contributed by atoms with Crippen LogP contribution in [0.15, 0.2) is 42.6 Å². The van der Waals surface area contributed by atoms with Crippen molar-refractivity contribution in [2.45, 2.75) is 45.1 Å². The maximum absolute atomic E-state index is 13.3. The highest BCUT2D eigenvalue weighted by Crippen LogP contribution is 2.22. The number of rotatable bonds is 5. The molecule has 1 aromatic carbocycles. The first-order chi connectivity index (χ1) is 13.9. The number of hydrogen-bond acceptors (Lipinski definition) is 5. The van der Waals surface area contributed by atoms with Crippen LogP contribution in [0.2, 0.25) is 0 Å². The van der Waals surface area contributed by atoms with Gasteiger partial charge in [-0.3, -0.25) is 0 Å². The molecule has 0 atom stereocenters. The Kier molecular flexibility index (Phi) is 5.32. The molecule has 152 valence electrons. The summed E-state index contributed by atoms with van der Waals surface area (Å²) in [6.45, 7) is 5.34. The molecule has 0 spiro atoms. The number of benzene rings is 1. The molecule has 4 rings (SSSR count). The summed E-state index contributed by atoms with van der Waals surface area (Å²) in [5.74, 6) is 1.11. The van der Waals surface area contributed by atoms with Gasteiger partial charge in [-0.15, -0.1) is 0 Å². The molecular formula is C22H26FN5O. The van der Waals surface area contributed by atoms with Gasteiger partial charge in [-0.05, 0) is 56.9 Å². The van der Waals surface area contributed by atoms with E-state index in [-0.39, 0.29) is 5.82 Å². The normalized spacial score (nSPS) is 15.0. The molecule has 0 radical (unpaired) electrons. The number of halogens is 1. The molecule has 29 heavy (non-hydrogen) atoms. The Hall–Kier alpha value is -2.80. The van der Waals surface area contributed by atoms with Crippen LogP contribution in [-0.4, -0.2) is 37.9 Å². The largest absolute Gasteiger partial charge is 0.384 e. The first-order valence-electron chi connectivity index (χ1n) is 10.0. The minimum absolute atomic E-state index is 0.248. The van der Waals surface area contributed by atoms with Crippen LogP contribution >= 0.6 is 0 Å². The van der Waals surface area contributed by atoms with Gasteiger partial charge >= 0.3 is 0 Å². The number of piperidine rings is 1. The van der Waals surface area contributed by atoms with Crippen molar-refractivity contribution in [1.82, 2.24) is 19.7 Å². The molecule has 3 aromatic rings. The lowest BCUT2D eigenvalue weighted by atomic mass is 10.1. The molecule has 0 bridgehead atoms.